The highest BCUT2D eigenvalue weighted by atomic mass is 16.5. The van der Waals surface area contributed by atoms with Crippen molar-refractivity contribution in [2.75, 3.05) is 5.32 Å². The molecule has 1 heterocycles. The number of nitrogens with two attached hydrogens (primary N) is 1. The average molecular weight is 381 g/mol. The van der Waals surface area contributed by atoms with Crippen LogP contribution in [0.3, 0.4) is 0 Å². The molecule has 0 aliphatic heterocycles. The minimum absolute atomic E-state index is 0.279. The quantitative estimate of drug-likeness (QED) is 0.626. The van der Waals surface area contributed by atoms with Crippen LogP contribution in [0.5, 0.6) is 0 Å². The fourth-order valence-electron chi connectivity index (χ4n) is 2.58. The van der Waals surface area contributed by atoms with E-state index in [4.69, 9.17) is 10.5 Å². The Kier molecular flexibility index (Phi) is 5.35. The zero-order chi connectivity index (χ0) is 20.3. The third-order valence-electron chi connectivity index (χ3n) is 4.14. The van der Waals surface area contributed by atoms with Crippen LogP contribution in [0.1, 0.15) is 34.6 Å². The predicted octanol–water partition coefficient (Wildman–Crippen LogP) is 1.73. The van der Waals surface area contributed by atoms with E-state index in [1.54, 1.807) is 22.9 Å². The van der Waals surface area contributed by atoms with Gasteiger partial charge in [-0.25, -0.2) is 9.48 Å². The van der Waals surface area contributed by atoms with E-state index in [2.05, 4.69) is 15.6 Å². The van der Waals surface area contributed by atoms with E-state index in [9.17, 15) is 14.4 Å². The van der Waals surface area contributed by atoms with E-state index in [0.717, 1.165) is 5.52 Å². The molecule has 3 aromatic rings. The van der Waals surface area contributed by atoms with Crippen LogP contribution in [-0.2, 0) is 16.1 Å². The molecule has 0 fully saturated rings. The first kappa shape index (κ1) is 19.0. The lowest BCUT2D eigenvalue weighted by Gasteiger charge is -2.13. The summed E-state index contributed by atoms with van der Waals surface area (Å²) in [5, 5.41) is 10.6. The zero-order valence-electron chi connectivity index (χ0n) is 15.4. The maximum atomic E-state index is 12.3. The number of rotatable bonds is 6. The summed E-state index contributed by atoms with van der Waals surface area (Å²) in [6.07, 6.45) is -1.02. The summed E-state index contributed by atoms with van der Waals surface area (Å²) in [5.74, 6) is -1.70. The van der Waals surface area contributed by atoms with Crippen molar-refractivity contribution in [1.29, 1.82) is 0 Å². The number of amides is 2. The topological polar surface area (TPSA) is 129 Å². The van der Waals surface area contributed by atoms with Gasteiger partial charge in [0.25, 0.3) is 5.91 Å². The van der Waals surface area contributed by atoms with E-state index in [1.165, 1.54) is 31.2 Å². The number of aryl methyl sites for hydroxylation is 1. The molecule has 3 N–H and O–H groups in total. The molecule has 0 aliphatic rings. The maximum absolute atomic E-state index is 12.3. The van der Waals surface area contributed by atoms with Gasteiger partial charge in [-0.3, -0.25) is 9.59 Å². The molecule has 0 aliphatic carbocycles. The second kappa shape index (κ2) is 7.87. The Morgan fingerprint density at radius 2 is 1.82 bits per heavy atom. The summed E-state index contributed by atoms with van der Waals surface area (Å²) in [7, 11) is 0. The fourth-order valence-corrected chi connectivity index (χ4v) is 2.58. The number of aromatic nitrogens is 3. The maximum Gasteiger partial charge on any atom is 0.338 e. The highest BCUT2D eigenvalue weighted by Crippen LogP contribution is 2.15. The van der Waals surface area contributed by atoms with Crippen molar-refractivity contribution < 1.29 is 19.1 Å². The van der Waals surface area contributed by atoms with E-state index < -0.39 is 23.9 Å². The normalized spacial score (nSPS) is 11.8. The molecule has 144 valence electrons. The molecule has 2 aromatic carbocycles. The first-order valence-corrected chi connectivity index (χ1v) is 8.64. The molecule has 3 rings (SSSR count). The van der Waals surface area contributed by atoms with Crippen LogP contribution in [0.2, 0.25) is 0 Å². The van der Waals surface area contributed by atoms with Crippen molar-refractivity contribution in [3.63, 3.8) is 0 Å². The SMILES string of the molecule is CCn1nnc2cc(C(=O)O[C@@H](C)C(=O)Nc3ccc(C(N)=O)cc3)ccc21. The molecule has 1 aromatic heterocycles. The van der Waals surface area contributed by atoms with E-state index >= 15 is 0 Å². The van der Waals surface area contributed by atoms with Crippen LogP contribution < -0.4 is 11.1 Å². The number of primary amides is 1. The summed E-state index contributed by atoms with van der Waals surface area (Å²) in [6.45, 7) is 4.08. The van der Waals surface area contributed by atoms with Crippen molar-refractivity contribution in [2.45, 2.75) is 26.5 Å². The van der Waals surface area contributed by atoms with Gasteiger partial charge in [-0.15, -0.1) is 5.10 Å². The predicted molar refractivity (Wildman–Crippen MR) is 102 cm³/mol. The minimum Gasteiger partial charge on any atom is -0.449 e. The van der Waals surface area contributed by atoms with Gasteiger partial charge in [-0.05, 0) is 56.3 Å². The second-order valence-corrected chi connectivity index (χ2v) is 6.09. The van der Waals surface area contributed by atoms with E-state index in [-0.39, 0.29) is 5.56 Å². The van der Waals surface area contributed by atoms with Crippen LogP contribution in [0.15, 0.2) is 42.5 Å². The van der Waals surface area contributed by atoms with Crippen molar-refractivity contribution in [3.8, 4) is 0 Å². The molecule has 0 bridgehead atoms. The molecule has 0 saturated heterocycles. The van der Waals surface area contributed by atoms with Crippen LogP contribution in [0, 0.1) is 0 Å². The number of benzene rings is 2. The third kappa shape index (κ3) is 3.98. The lowest BCUT2D eigenvalue weighted by atomic mass is 10.2. The Morgan fingerprint density at radius 1 is 1.14 bits per heavy atom. The summed E-state index contributed by atoms with van der Waals surface area (Å²) < 4.78 is 6.95. The summed E-state index contributed by atoms with van der Waals surface area (Å²) in [5.41, 5.74) is 7.62. The van der Waals surface area contributed by atoms with Crippen LogP contribution in [0.25, 0.3) is 11.0 Å². The number of carbonyl (C=O) groups is 3. The second-order valence-electron chi connectivity index (χ2n) is 6.09. The molecule has 9 heteroatoms. The van der Waals surface area contributed by atoms with Gasteiger partial charge in [0.05, 0.1) is 11.1 Å². The number of nitrogens with one attached hydrogen (secondary N) is 1. The van der Waals surface area contributed by atoms with Gasteiger partial charge in [0.2, 0.25) is 5.91 Å². The monoisotopic (exact) mass is 381 g/mol. The lowest BCUT2D eigenvalue weighted by Crippen LogP contribution is -2.30. The third-order valence-corrected chi connectivity index (χ3v) is 4.14. The molecule has 2 amide bonds. The first-order chi connectivity index (χ1) is 13.4. The van der Waals surface area contributed by atoms with Gasteiger partial charge < -0.3 is 15.8 Å². The number of hydrogen-bond acceptors (Lipinski definition) is 6. The van der Waals surface area contributed by atoms with Crippen molar-refractivity contribution in [2.24, 2.45) is 5.73 Å². The molecule has 28 heavy (non-hydrogen) atoms. The molecule has 0 spiro atoms. The van der Waals surface area contributed by atoms with Gasteiger partial charge in [0, 0.05) is 17.8 Å². The van der Waals surface area contributed by atoms with Gasteiger partial charge in [0.15, 0.2) is 6.10 Å². The van der Waals surface area contributed by atoms with Crippen LogP contribution in [-0.4, -0.2) is 38.9 Å². The largest absolute Gasteiger partial charge is 0.449 e. The number of fused-ring (bicyclic) bond motifs is 1. The Morgan fingerprint density at radius 3 is 2.46 bits per heavy atom. The highest BCUT2D eigenvalue weighted by molar-refractivity contribution is 5.99. The molecular weight excluding hydrogens is 362 g/mol. The fraction of sp³-hybridized carbons (Fsp3) is 0.211. The Bertz CT molecular complexity index is 1040. The average Bonchev–Trinajstić information content (AvgIpc) is 3.10. The van der Waals surface area contributed by atoms with Crippen LogP contribution in [0.4, 0.5) is 5.69 Å². The smallest absolute Gasteiger partial charge is 0.338 e. The number of esters is 1. The highest BCUT2D eigenvalue weighted by Gasteiger charge is 2.20. The Balaban J connectivity index is 1.64. The summed E-state index contributed by atoms with van der Waals surface area (Å²) >= 11 is 0. The van der Waals surface area contributed by atoms with Crippen molar-refractivity contribution in [1.82, 2.24) is 15.0 Å². The number of nitrogens with zero attached hydrogens (tertiary/aromatic N) is 3. The van der Waals surface area contributed by atoms with Gasteiger partial charge in [-0.1, -0.05) is 5.21 Å². The first-order valence-electron chi connectivity index (χ1n) is 8.64. The number of carbonyl (C=O) groups excluding carboxylic acids is 3. The minimum atomic E-state index is -1.02. The number of hydrogen-bond donors (Lipinski definition) is 2. The van der Waals surface area contributed by atoms with Gasteiger partial charge >= 0.3 is 5.97 Å². The molecule has 0 saturated carbocycles. The molecular formula is C19H19N5O4. The lowest BCUT2D eigenvalue weighted by molar-refractivity contribution is -0.123. The van der Waals surface area contributed by atoms with Gasteiger partial charge in [0.1, 0.15) is 5.52 Å². The number of ether oxygens (including phenoxy) is 1. The summed E-state index contributed by atoms with van der Waals surface area (Å²) in [4.78, 5) is 35.7. The van der Waals surface area contributed by atoms with Gasteiger partial charge in [-0.2, -0.15) is 0 Å². The Hall–Kier alpha value is -3.75. The van der Waals surface area contributed by atoms with Crippen molar-refractivity contribution >= 4 is 34.5 Å². The Labute approximate surface area is 160 Å². The molecule has 0 unspecified atom stereocenters. The summed E-state index contributed by atoms with van der Waals surface area (Å²) in [6, 6.07) is 11.0. The van der Waals surface area contributed by atoms with Crippen molar-refractivity contribution in [3.05, 3.63) is 53.6 Å². The standard InChI is InChI=1S/C19H19N5O4/c1-3-24-16-9-6-13(10-15(16)22-23-24)19(27)28-11(2)18(26)21-14-7-4-12(5-8-14)17(20)25/h4-11H,3H2,1-2H3,(H2,20,25)(H,21,26)/t11-/m0/s1. The van der Waals surface area contributed by atoms with E-state index in [1.807, 2.05) is 6.92 Å². The number of anilines is 1. The molecule has 9 nitrogen and oxygen atoms in total. The van der Waals surface area contributed by atoms with E-state index in [0.29, 0.717) is 23.3 Å². The van der Waals surface area contributed by atoms with Crippen LogP contribution >= 0.6 is 0 Å². The zero-order valence-corrected chi connectivity index (χ0v) is 15.4. The molecule has 0 radical (unpaired) electrons. The molecule has 1 atom stereocenters.